The summed E-state index contributed by atoms with van der Waals surface area (Å²) in [6.45, 7) is 4.93. The fourth-order valence-electron chi connectivity index (χ4n) is 1.64. The van der Waals surface area contributed by atoms with E-state index in [1.807, 2.05) is 6.20 Å². The van der Waals surface area contributed by atoms with Crippen LogP contribution in [0.25, 0.3) is 0 Å². The maximum absolute atomic E-state index is 4.13. The summed E-state index contributed by atoms with van der Waals surface area (Å²) in [5.41, 5.74) is 6.93. The van der Waals surface area contributed by atoms with Gasteiger partial charge in [-0.3, -0.25) is 9.66 Å². The van der Waals surface area contributed by atoms with Gasteiger partial charge in [0, 0.05) is 28.3 Å². The summed E-state index contributed by atoms with van der Waals surface area (Å²) >= 11 is 3.41. The quantitative estimate of drug-likeness (QED) is 0.936. The third-order valence-electron chi connectivity index (χ3n) is 2.47. The number of hydrogen-bond donors (Lipinski definition) is 1. The lowest BCUT2D eigenvalue weighted by Gasteiger charge is -2.12. The molecule has 0 unspecified atom stereocenters. The minimum atomic E-state index is 0.767. The topological polar surface area (TPSA) is 29.9 Å². The van der Waals surface area contributed by atoms with Gasteiger partial charge in [-0.1, -0.05) is 0 Å². The van der Waals surface area contributed by atoms with Crippen molar-refractivity contribution in [3.63, 3.8) is 0 Å². The van der Waals surface area contributed by atoms with Gasteiger partial charge in [0.2, 0.25) is 0 Å². The number of pyridine rings is 1. The lowest BCUT2D eigenvalue weighted by Crippen LogP contribution is -2.16. The molecule has 0 saturated carbocycles. The average molecular weight is 280 g/mol. The number of aromatic nitrogens is 2. The van der Waals surface area contributed by atoms with Gasteiger partial charge in [-0.05, 0) is 53.5 Å². The SMILES string of the molecule is Cc1ccc(C)n1NCc1cncc(Br)c1. The van der Waals surface area contributed by atoms with Gasteiger partial charge in [-0.15, -0.1) is 0 Å². The van der Waals surface area contributed by atoms with E-state index in [2.05, 4.69) is 63.1 Å². The normalized spacial score (nSPS) is 10.4. The van der Waals surface area contributed by atoms with E-state index >= 15 is 0 Å². The van der Waals surface area contributed by atoms with Crippen LogP contribution in [0.1, 0.15) is 17.0 Å². The molecule has 2 aromatic heterocycles. The summed E-state index contributed by atoms with van der Waals surface area (Å²) < 4.78 is 3.09. The Morgan fingerprint density at radius 3 is 2.56 bits per heavy atom. The molecule has 4 heteroatoms. The van der Waals surface area contributed by atoms with Crippen molar-refractivity contribution in [2.75, 3.05) is 5.43 Å². The molecule has 0 aliphatic rings. The van der Waals surface area contributed by atoms with Crippen LogP contribution in [0.3, 0.4) is 0 Å². The summed E-state index contributed by atoms with van der Waals surface area (Å²) in [7, 11) is 0. The second-order valence-electron chi connectivity index (χ2n) is 3.80. The monoisotopic (exact) mass is 279 g/mol. The van der Waals surface area contributed by atoms with Gasteiger partial charge in [0.05, 0.1) is 6.54 Å². The third-order valence-corrected chi connectivity index (χ3v) is 2.91. The Labute approximate surface area is 104 Å². The van der Waals surface area contributed by atoms with Crippen LogP contribution in [0.15, 0.2) is 35.1 Å². The lowest BCUT2D eigenvalue weighted by molar-refractivity contribution is 0.790. The highest BCUT2D eigenvalue weighted by Gasteiger charge is 2.00. The molecule has 2 aromatic rings. The molecular formula is C12H14BrN3. The highest BCUT2D eigenvalue weighted by Crippen LogP contribution is 2.10. The van der Waals surface area contributed by atoms with E-state index in [4.69, 9.17) is 0 Å². The summed E-state index contributed by atoms with van der Waals surface area (Å²) in [5.74, 6) is 0. The molecule has 0 fully saturated rings. The number of nitrogens with zero attached hydrogens (tertiary/aromatic N) is 2. The summed E-state index contributed by atoms with van der Waals surface area (Å²) in [4.78, 5) is 4.13. The van der Waals surface area contributed by atoms with Crippen LogP contribution >= 0.6 is 15.9 Å². The van der Waals surface area contributed by atoms with Gasteiger partial charge in [-0.25, -0.2) is 0 Å². The number of halogens is 1. The first-order chi connectivity index (χ1) is 7.66. The van der Waals surface area contributed by atoms with E-state index in [0.29, 0.717) is 0 Å². The molecule has 0 spiro atoms. The summed E-state index contributed by atoms with van der Waals surface area (Å²) in [6.07, 6.45) is 3.65. The van der Waals surface area contributed by atoms with Gasteiger partial charge < -0.3 is 5.43 Å². The summed E-state index contributed by atoms with van der Waals surface area (Å²) in [6, 6.07) is 6.26. The van der Waals surface area contributed by atoms with Crippen LogP contribution in [-0.2, 0) is 6.54 Å². The molecular weight excluding hydrogens is 266 g/mol. The molecule has 0 aliphatic heterocycles. The highest BCUT2D eigenvalue weighted by atomic mass is 79.9. The Bertz CT molecular complexity index is 471. The van der Waals surface area contributed by atoms with Crippen LogP contribution in [0, 0.1) is 13.8 Å². The Balaban J connectivity index is 2.08. The third kappa shape index (κ3) is 2.44. The molecule has 3 nitrogen and oxygen atoms in total. The fourth-order valence-corrected chi connectivity index (χ4v) is 2.05. The van der Waals surface area contributed by atoms with E-state index < -0.39 is 0 Å². The summed E-state index contributed by atoms with van der Waals surface area (Å²) in [5, 5.41) is 0. The zero-order valence-corrected chi connectivity index (χ0v) is 11.0. The van der Waals surface area contributed by atoms with Crippen LogP contribution in [-0.4, -0.2) is 9.66 Å². The Morgan fingerprint density at radius 1 is 1.25 bits per heavy atom. The molecule has 0 aromatic carbocycles. The van der Waals surface area contributed by atoms with E-state index in [0.717, 1.165) is 16.6 Å². The van der Waals surface area contributed by atoms with E-state index in [1.54, 1.807) is 6.20 Å². The first-order valence-electron chi connectivity index (χ1n) is 5.15. The van der Waals surface area contributed by atoms with Crippen molar-refractivity contribution in [1.29, 1.82) is 0 Å². The molecule has 0 radical (unpaired) electrons. The van der Waals surface area contributed by atoms with Crippen molar-refractivity contribution >= 4 is 15.9 Å². The molecule has 0 bridgehead atoms. The Hall–Kier alpha value is -1.29. The van der Waals surface area contributed by atoms with Crippen molar-refractivity contribution < 1.29 is 0 Å². The largest absolute Gasteiger partial charge is 0.321 e. The van der Waals surface area contributed by atoms with Gasteiger partial charge >= 0.3 is 0 Å². The zero-order chi connectivity index (χ0) is 11.5. The highest BCUT2D eigenvalue weighted by molar-refractivity contribution is 9.10. The fraction of sp³-hybridized carbons (Fsp3) is 0.250. The van der Waals surface area contributed by atoms with Gasteiger partial charge in [0.1, 0.15) is 0 Å². The molecule has 2 rings (SSSR count). The van der Waals surface area contributed by atoms with Crippen molar-refractivity contribution in [3.8, 4) is 0 Å². The molecule has 16 heavy (non-hydrogen) atoms. The van der Waals surface area contributed by atoms with Gasteiger partial charge in [0.25, 0.3) is 0 Å². The van der Waals surface area contributed by atoms with Crippen molar-refractivity contribution in [2.45, 2.75) is 20.4 Å². The van der Waals surface area contributed by atoms with Crippen molar-refractivity contribution in [1.82, 2.24) is 9.66 Å². The minimum absolute atomic E-state index is 0.767. The molecule has 1 N–H and O–H groups in total. The minimum Gasteiger partial charge on any atom is -0.321 e. The molecule has 0 aliphatic carbocycles. The Morgan fingerprint density at radius 2 is 1.94 bits per heavy atom. The molecule has 0 saturated heterocycles. The predicted molar refractivity (Wildman–Crippen MR) is 68.9 cm³/mol. The molecule has 0 atom stereocenters. The maximum Gasteiger partial charge on any atom is 0.0579 e. The first-order valence-corrected chi connectivity index (χ1v) is 5.94. The maximum atomic E-state index is 4.13. The zero-order valence-electron chi connectivity index (χ0n) is 9.37. The number of aryl methyl sites for hydroxylation is 2. The second kappa shape index (κ2) is 4.70. The number of rotatable bonds is 3. The second-order valence-corrected chi connectivity index (χ2v) is 4.71. The standard InChI is InChI=1S/C12H14BrN3/c1-9-3-4-10(2)16(9)15-7-11-5-12(13)8-14-6-11/h3-6,8,15H,7H2,1-2H3. The van der Waals surface area contributed by atoms with Gasteiger partial charge in [-0.2, -0.15) is 0 Å². The first kappa shape index (κ1) is 11.2. The molecule has 0 amide bonds. The smallest absolute Gasteiger partial charge is 0.0579 e. The van der Waals surface area contributed by atoms with Crippen LogP contribution in [0.4, 0.5) is 0 Å². The van der Waals surface area contributed by atoms with Crippen LogP contribution in [0.2, 0.25) is 0 Å². The molecule has 2 heterocycles. The van der Waals surface area contributed by atoms with Crippen molar-refractivity contribution in [2.24, 2.45) is 0 Å². The predicted octanol–water partition coefficient (Wildman–Crippen LogP) is 3.01. The van der Waals surface area contributed by atoms with E-state index in [1.165, 1.54) is 11.4 Å². The number of nitrogens with one attached hydrogen (secondary N) is 1. The van der Waals surface area contributed by atoms with E-state index in [-0.39, 0.29) is 0 Å². The van der Waals surface area contributed by atoms with Crippen molar-refractivity contribution in [3.05, 3.63) is 52.0 Å². The van der Waals surface area contributed by atoms with Gasteiger partial charge in [0.15, 0.2) is 0 Å². The van der Waals surface area contributed by atoms with Crippen LogP contribution in [0.5, 0.6) is 0 Å². The van der Waals surface area contributed by atoms with E-state index in [9.17, 15) is 0 Å². The molecule has 84 valence electrons. The van der Waals surface area contributed by atoms with Crippen LogP contribution < -0.4 is 5.43 Å². The number of hydrogen-bond acceptors (Lipinski definition) is 2. The lowest BCUT2D eigenvalue weighted by atomic mass is 10.3. The average Bonchev–Trinajstić information content (AvgIpc) is 2.56. The Kier molecular flexibility index (Phi) is 3.29.